The first-order valence-electron chi connectivity index (χ1n) is 11.5. The summed E-state index contributed by atoms with van der Waals surface area (Å²) in [6, 6.07) is 8.09. The maximum absolute atomic E-state index is 12.3. The van der Waals surface area contributed by atoms with E-state index in [0.717, 1.165) is 60.0 Å². The number of aromatic nitrogens is 3. The molecule has 3 aromatic heterocycles. The molecule has 34 heavy (non-hydrogen) atoms. The molecule has 8 heteroatoms. The maximum atomic E-state index is 12.3. The fourth-order valence-corrected chi connectivity index (χ4v) is 4.99. The van der Waals surface area contributed by atoms with Gasteiger partial charge in [-0.25, -0.2) is 15.0 Å². The number of methoxy groups -OCH3 is 1. The topological polar surface area (TPSA) is 86.2 Å². The Morgan fingerprint density at radius 2 is 2.03 bits per heavy atom. The van der Waals surface area contributed by atoms with Crippen LogP contribution in [0.1, 0.15) is 67.1 Å². The molecule has 0 saturated heterocycles. The van der Waals surface area contributed by atoms with Gasteiger partial charge in [0.15, 0.2) is 0 Å². The van der Waals surface area contributed by atoms with Crippen LogP contribution in [0.15, 0.2) is 35.8 Å². The summed E-state index contributed by atoms with van der Waals surface area (Å²) in [6.07, 6.45) is 7.02. The van der Waals surface area contributed by atoms with E-state index in [4.69, 9.17) is 19.4 Å². The second kappa shape index (κ2) is 12.5. The molecule has 3 aromatic rings. The predicted octanol–water partition coefficient (Wildman–Crippen LogP) is 5.20. The molecule has 1 aliphatic rings. The standard InChI is InChI=1S/C25H30N4O3S.CH4/c1-3-32-23(30)14-21(18-10-12-22(31-2)27-15-18)25-29-20(16-33-25)8-4-7-19-11-9-17-6-5-13-26-24(17)28-19;/h9-12,15-16,21H,3-8,13-14H2,1-2H3,(H,26,28);1H4. The Labute approximate surface area is 206 Å². The van der Waals surface area contributed by atoms with Crippen LogP contribution in [-0.4, -0.2) is 41.2 Å². The number of nitrogens with one attached hydrogen (secondary N) is 1. The zero-order valence-electron chi connectivity index (χ0n) is 19.2. The van der Waals surface area contributed by atoms with Gasteiger partial charge in [-0.2, -0.15) is 0 Å². The highest BCUT2D eigenvalue weighted by Gasteiger charge is 2.23. The molecule has 1 N–H and O–H groups in total. The quantitative estimate of drug-likeness (QED) is 0.398. The van der Waals surface area contributed by atoms with Gasteiger partial charge in [0.1, 0.15) is 10.8 Å². The van der Waals surface area contributed by atoms with E-state index in [9.17, 15) is 4.79 Å². The van der Waals surface area contributed by atoms with E-state index < -0.39 is 0 Å². The van der Waals surface area contributed by atoms with Gasteiger partial charge < -0.3 is 14.8 Å². The summed E-state index contributed by atoms with van der Waals surface area (Å²) in [5.74, 6) is 1.17. The smallest absolute Gasteiger partial charge is 0.306 e. The Hall–Kier alpha value is -3.00. The summed E-state index contributed by atoms with van der Waals surface area (Å²) in [6.45, 7) is 3.18. The van der Waals surface area contributed by atoms with E-state index >= 15 is 0 Å². The summed E-state index contributed by atoms with van der Waals surface area (Å²) >= 11 is 1.58. The number of hydrogen-bond acceptors (Lipinski definition) is 8. The molecule has 0 bridgehead atoms. The first kappa shape index (κ1) is 25.6. The Kier molecular flexibility index (Phi) is 9.39. The summed E-state index contributed by atoms with van der Waals surface area (Å²) in [7, 11) is 1.58. The molecule has 0 aliphatic carbocycles. The Morgan fingerprint density at radius 1 is 1.18 bits per heavy atom. The summed E-state index contributed by atoms with van der Waals surface area (Å²) in [5.41, 5.74) is 4.40. The third-order valence-electron chi connectivity index (χ3n) is 5.73. The summed E-state index contributed by atoms with van der Waals surface area (Å²) < 4.78 is 10.4. The number of fused-ring (bicyclic) bond motifs is 1. The molecule has 0 spiro atoms. The van der Waals surface area contributed by atoms with Crippen molar-refractivity contribution in [2.75, 3.05) is 25.6 Å². The second-order valence-corrected chi connectivity index (χ2v) is 8.96. The lowest BCUT2D eigenvalue weighted by molar-refractivity contribution is -0.143. The van der Waals surface area contributed by atoms with E-state index in [1.807, 2.05) is 19.1 Å². The minimum Gasteiger partial charge on any atom is -0.481 e. The largest absolute Gasteiger partial charge is 0.481 e. The zero-order valence-corrected chi connectivity index (χ0v) is 20.0. The predicted molar refractivity (Wildman–Crippen MR) is 136 cm³/mol. The highest BCUT2D eigenvalue weighted by Crippen LogP contribution is 2.31. The van der Waals surface area contributed by atoms with Gasteiger partial charge in [-0.05, 0) is 56.2 Å². The number of aryl methyl sites for hydroxylation is 3. The van der Waals surface area contributed by atoms with Gasteiger partial charge in [0.05, 0.1) is 25.8 Å². The van der Waals surface area contributed by atoms with Crippen LogP contribution < -0.4 is 10.1 Å². The van der Waals surface area contributed by atoms with Crippen molar-refractivity contribution in [2.45, 2.75) is 58.8 Å². The van der Waals surface area contributed by atoms with Crippen molar-refractivity contribution in [3.8, 4) is 5.88 Å². The average molecular weight is 483 g/mol. The third-order valence-corrected chi connectivity index (χ3v) is 6.74. The van der Waals surface area contributed by atoms with Gasteiger partial charge in [0.2, 0.25) is 5.88 Å². The van der Waals surface area contributed by atoms with Gasteiger partial charge in [0, 0.05) is 35.8 Å². The molecule has 0 aromatic carbocycles. The fourth-order valence-electron chi connectivity index (χ4n) is 4.01. The van der Waals surface area contributed by atoms with Crippen molar-refractivity contribution < 1.29 is 14.3 Å². The van der Waals surface area contributed by atoms with E-state index in [2.05, 4.69) is 27.8 Å². The molecule has 0 radical (unpaired) electrons. The van der Waals surface area contributed by atoms with Gasteiger partial charge >= 0.3 is 5.97 Å². The maximum Gasteiger partial charge on any atom is 0.306 e. The zero-order chi connectivity index (χ0) is 23.0. The molecule has 0 amide bonds. The molecule has 1 atom stereocenters. The van der Waals surface area contributed by atoms with E-state index in [1.165, 1.54) is 12.0 Å². The van der Waals surface area contributed by atoms with Crippen molar-refractivity contribution in [1.82, 2.24) is 15.0 Å². The average Bonchev–Trinajstić information content (AvgIpc) is 3.31. The van der Waals surface area contributed by atoms with Crippen LogP contribution in [0, 0.1) is 0 Å². The van der Waals surface area contributed by atoms with Crippen LogP contribution in [0.4, 0.5) is 5.82 Å². The number of esters is 1. The van der Waals surface area contributed by atoms with Gasteiger partial charge in [0.25, 0.3) is 0 Å². The lowest BCUT2D eigenvalue weighted by Crippen LogP contribution is -2.14. The number of nitrogens with zero attached hydrogens (tertiary/aromatic N) is 3. The molecule has 4 rings (SSSR count). The Morgan fingerprint density at radius 3 is 2.79 bits per heavy atom. The monoisotopic (exact) mass is 482 g/mol. The van der Waals surface area contributed by atoms with Crippen molar-refractivity contribution in [2.24, 2.45) is 0 Å². The molecule has 0 saturated carbocycles. The minimum absolute atomic E-state index is 0. The van der Waals surface area contributed by atoms with E-state index in [1.54, 1.807) is 24.6 Å². The molecule has 4 heterocycles. The molecular formula is C26H34N4O3S. The number of ether oxygens (including phenoxy) is 2. The van der Waals surface area contributed by atoms with Crippen molar-refractivity contribution >= 4 is 23.1 Å². The van der Waals surface area contributed by atoms with Gasteiger partial charge in [-0.15, -0.1) is 11.3 Å². The Balaban J connectivity index is 0.00000324. The number of carbonyl (C=O) groups excluding carboxylic acids is 1. The molecule has 1 aliphatic heterocycles. The van der Waals surface area contributed by atoms with Crippen LogP contribution >= 0.6 is 11.3 Å². The molecule has 182 valence electrons. The summed E-state index contributed by atoms with van der Waals surface area (Å²) in [4.78, 5) is 26.2. The van der Waals surface area contributed by atoms with Crippen molar-refractivity contribution in [3.05, 3.63) is 63.4 Å². The van der Waals surface area contributed by atoms with Gasteiger partial charge in [-0.1, -0.05) is 19.6 Å². The first-order valence-corrected chi connectivity index (χ1v) is 12.4. The van der Waals surface area contributed by atoms with E-state index in [0.29, 0.717) is 12.5 Å². The number of thiazole rings is 1. The number of anilines is 1. The SMILES string of the molecule is C.CCOC(=O)CC(c1ccc(OC)nc1)c1nc(CCCc2ccc3c(n2)NCCC3)cs1. The number of carbonyl (C=O) groups is 1. The summed E-state index contributed by atoms with van der Waals surface area (Å²) in [5, 5.41) is 6.39. The molecular weight excluding hydrogens is 448 g/mol. The minimum atomic E-state index is -0.234. The van der Waals surface area contributed by atoms with Crippen molar-refractivity contribution in [3.63, 3.8) is 0 Å². The van der Waals surface area contributed by atoms with Crippen LogP contribution in [0.5, 0.6) is 5.88 Å². The highest BCUT2D eigenvalue weighted by molar-refractivity contribution is 7.09. The van der Waals surface area contributed by atoms with Crippen LogP contribution in [0.25, 0.3) is 0 Å². The van der Waals surface area contributed by atoms with Crippen LogP contribution in [0.2, 0.25) is 0 Å². The van der Waals surface area contributed by atoms with Gasteiger partial charge in [-0.3, -0.25) is 4.79 Å². The highest BCUT2D eigenvalue weighted by atomic mass is 32.1. The normalized spacial score (nSPS) is 13.2. The molecule has 7 nitrogen and oxygen atoms in total. The van der Waals surface area contributed by atoms with Crippen LogP contribution in [0.3, 0.4) is 0 Å². The Bertz CT molecular complexity index is 1070. The number of hydrogen-bond donors (Lipinski definition) is 1. The second-order valence-electron chi connectivity index (χ2n) is 8.07. The third kappa shape index (κ3) is 6.53. The molecule has 1 unspecified atom stereocenters. The van der Waals surface area contributed by atoms with E-state index in [-0.39, 0.29) is 25.7 Å². The number of pyridine rings is 2. The lowest BCUT2D eigenvalue weighted by atomic mass is 9.98. The van der Waals surface area contributed by atoms with Crippen molar-refractivity contribution in [1.29, 1.82) is 0 Å². The fraction of sp³-hybridized carbons (Fsp3) is 0.462. The number of rotatable bonds is 10. The lowest BCUT2D eigenvalue weighted by Gasteiger charge is -2.17. The molecule has 0 fully saturated rings. The first-order chi connectivity index (χ1) is 16.2. The van der Waals surface area contributed by atoms with Crippen LogP contribution in [-0.2, 0) is 28.8 Å².